The molecule has 1 aromatic carbocycles. The molecule has 4 rings (SSSR count). The summed E-state index contributed by atoms with van der Waals surface area (Å²) in [5, 5.41) is 3.48. The number of aromatic nitrogens is 1. The molecule has 6 nitrogen and oxygen atoms in total. The summed E-state index contributed by atoms with van der Waals surface area (Å²) in [5.74, 6) is 2.45. The second-order valence-electron chi connectivity index (χ2n) is 6.68. The van der Waals surface area contributed by atoms with Crippen molar-refractivity contribution in [2.75, 3.05) is 37.3 Å². The predicted octanol–water partition coefficient (Wildman–Crippen LogP) is 2.38. The molecule has 0 bridgehead atoms. The Balaban J connectivity index is 1.34. The number of nitrogen functional groups attached to an aromatic ring is 1. The molecule has 0 unspecified atom stereocenters. The van der Waals surface area contributed by atoms with Gasteiger partial charge in [0.1, 0.15) is 18.5 Å². The molecule has 3 heterocycles. The van der Waals surface area contributed by atoms with Gasteiger partial charge in [-0.1, -0.05) is 12.1 Å². The van der Waals surface area contributed by atoms with Crippen LogP contribution in [0.2, 0.25) is 0 Å². The molecule has 2 atom stereocenters. The quantitative estimate of drug-likeness (QED) is 0.890. The summed E-state index contributed by atoms with van der Waals surface area (Å²) in [4.78, 5) is 6.77. The number of pyridine rings is 1. The lowest BCUT2D eigenvalue weighted by Gasteiger charge is -2.36. The number of nitrogens with zero attached hydrogens (tertiary/aromatic N) is 2. The van der Waals surface area contributed by atoms with E-state index in [1.807, 2.05) is 36.4 Å². The van der Waals surface area contributed by atoms with Crippen molar-refractivity contribution in [1.29, 1.82) is 0 Å². The molecule has 1 aromatic heterocycles. The molecule has 3 N–H and O–H groups in total. The maximum Gasteiger partial charge on any atom is 0.161 e. The highest BCUT2D eigenvalue weighted by Gasteiger charge is 2.26. The topological polar surface area (TPSA) is 72.6 Å². The van der Waals surface area contributed by atoms with Gasteiger partial charge in [-0.3, -0.25) is 4.90 Å². The van der Waals surface area contributed by atoms with Crippen molar-refractivity contribution in [3.63, 3.8) is 0 Å². The van der Waals surface area contributed by atoms with Gasteiger partial charge in [0.2, 0.25) is 0 Å². The van der Waals surface area contributed by atoms with E-state index in [1.165, 1.54) is 0 Å². The summed E-state index contributed by atoms with van der Waals surface area (Å²) in [6.07, 6.45) is 4.10. The molecule has 2 aromatic rings. The van der Waals surface area contributed by atoms with Gasteiger partial charge in [-0.15, -0.1) is 0 Å². The minimum absolute atomic E-state index is 0.0635. The highest BCUT2D eigenvalue weighted by Crippen LogP contribution is 2.31. The number of para-hydroxylation sites is 2. The number of hydrogen-bond donors (Lipinski definition) is 2. The maximum absolute atomic E-state index is 6.09. The molecule has 1 saturated heterocycles. The summed E-state index contributed by atoms with van der Waals surface area (Å²) < 4.78 is 11.9. The molecular weight excluding hydrogens is 316 g/mol. The minimum atomic E-state index is 0.0635. The van der Waals surface area contributed by atoms with E-state index in [9.17, 15) is 0 Å². The van der Waals surface area contributed by atoms with E-state index in [0.29, 0.717) is 18.3 Å². The number of nitrogens with two attached hydrogens (primary N) is 1. The van der Waals surface area contributed by atoms with E-state index >= 15 is 0 Å². The van der Waals surface area contributed by atoms with E-state index < -0.39 is 0 Å². The van der Waals surface area contributed by atoms with Crippen LogP contribution in [0.3, 0.4) is 0 Å². The third kappa shape index (κ3) is 3.79. The predicted molar refractivity (Wildman–Crippen MR) is 98.1 cm³/mol. The average Bonchev–Trinajstić information content (AvgIpc) is 2.64. The third-order valence-corrected chi connectivity index (χ3v) is 4.71. The van der Waals surface area contributed by atoms with Crippen LogP contribution < -0.4 is 20.5 Å². The van der Waals surface area contributed by atoms with Crippen molar-refractivity contribution in [3.05, 3.63) is 42.6 Å². The Labute approximate surface area is 147 Å². The number of benzene rings is 1. The van der Waals surface area contributed by atoms with Crippen molar-refractivity contribution in [2.24, 2.45) is 0 Å². The first-order valence-corrected chi connectivity index (χ1v) is 8.86. The lowest BCUT2D eigenvalue weighted by atomic mass is 10.0. The fraction of sp³-hybridized carbons (Fsp3) is 0.421. The van der Waals surface area contributed by atoms with Crippen LogP contribution in [0.15, 0.2) is 42.6 Å². The van der Waals surface area contributed by atoms with Gasteiger partial charge in [-0.05, 0) is 43.7 Å². The first kappa shape index (κ1) is 16.0. The summed E-state index contributed by atoms with van der Waals surface area (Å²) in [5.41, 5.74) is 6.69. The van der Waals surface area contributed by atoms with Crippen LogP contribution >= 0.6 is 0 Å². The van der Waals surface area contributed by atoms with Crippen LogP contribution in [-0.4, -0.2) is 48.3 Å². The van der Waals surface area contributed by atoms with E-state index in [-0.39, 0.29) is 6.10 Å². The van der Waals surface area contributed by atoms with Crippen LogP contribution in [0.5, 0.6) is 11.5 Å². The Morgan fingerprint density at radius 3 is 2.96 bits per heavy atom. The lowest BCUT2D eigenvalue weighted by molar-refractivity contribution is 0.0518. The fourth-order valence-electron chi connectivity index (χ4n) is 3.51. The summed E-state index contributed by atoms with van der Waals surface area (Å²) in [6, 6.07) is 11.9. The van der Waals surface area contributed by atoms with Crippen LogP contribution in [0.1, 0.15) is 12.8 Å². The zero-order valence-electron chi connectivity index (χ0n) is 14.2. The molecule has 2 aliphatic rings. The number of anilines is 2. The Morgan fingerprint density at radius 2 is 2.08 bits per heavy atom. The van der Waals surface area contributed by atoms with Crippen LogP contribution in [0, 0.1) is 0 Å². The molecule has 25 heavy (non-hydrogen) atoms. The van der Waals surface area contributed by atoms with Gasteiger partial charge < -0.3 is 20.5 Å². The fourth-order valence-corrected chi connectivity index (χ4v) is 3.51. The van der Waals surface area contributed by atoms with Gasteiger partial charge in [0, 0.05) is 25.3 Å². The zero-order valence-corrected chi connectivity index (χ0v) is 14.2. The van der Waals surface area contributed by atoms with E-state index in [0.717, 1.165) is 49.8 Å². The number of likely N-dealkylation sites (tertiary alicyclic amines) is 1. The van der Waals surface area contributed by atoms with Crippen molar-refractivity contribution in [3.8, 4) is 11.5 Å². The minimum Gasteiger partial charge on any atom is -0.486 e. The number of piperidine rings is 1. The second-order valence-corrected chi connectivity index (χ2v) is 6.68. The Morgan fingerprint density at radius 1 is 1.20 bits per heavy atom. The first-order valence-electron chi connectivity index (χ1n) is 8.86. The Hall–Kier alpha value is -2.47. The molecule has 0 amide bonds. The average molecular weight is 340 g/mol. The van der Waals surface area contributed by atoms with Crippen molar-refractivity contribution < 1.29 is 9.47 Å². The second kappa shape index (κ2) is 7.19. The lowest BCUT2D eigenvalue weighted by Crippen LogP contribution is -2.48. The molecule has 0 spiro atoms. The molecule has 2 aliphatic heterocycles. The highest BCUT2D eigenvalue weighted by atomic mass is 16.6. The molecule has 132 valence electrons. The van der Waals surface area contributed by atoms with Crippen molar-refractivity contribution in [1.82, 2.24) is 9.88 Å². The van der Waals surface area contributed by atoms with Gasteiger partial charge in [0.05, 0.1) is 5.69 Å². The third-order valence-electron chi connectivity index (χ3n) is 4.71. The standard InChI is InChI=1S/C19H24N4O2/c20-16-6-3-9-21-19(16)22-14-5-4-10-23(11-14)12-15-13-24-17-7-1-2-8-18(17)25-15/h1-3,6-9,14-15H,4-5,10-13,20H2,(H,21,22)/t14-,15-/m0/s1. The first-order chi connectivity index (χ1) is 12.3. The molecule has 0 aliphatic carbocycles. The number of nitrogens with one attached hydrogen (secondary N) is 1. The normalized spacial score (nSPS) is 23.2. The smallest absolute Gasteiger partial charge is 0.161 e. The number of fused-ring (bicyclic) bond motifs is 1. The van der Waals surface area contributed by atoms with Gasteiger partial charge in [-0.2, -0.15) is 0 Å². The van der Waals surface area contributed by atoms with Gasteiger partial charge in [-0.25, -0.2) is 4.98 Å². The van der Waals surface area contributed by atoms with Crippen LogP contribution in [0.4, 0.5) is 11.5 Å². The van der Waals surface area contributed by atoms with E-state index in [1.54, 1.807) is 6.20 Å². The number of ether oxygens (including phenoxy) is 2. The molecular formula is C19H24N4O2. The Bertz CT molecular complexity index is 724. The van der Waals surface area contributed by atoms with Crippen LogP contribution in [-0.2, 0) is 0 Å². The summed E-state index contributed by atoms with van der Waals surface area (Å²) in [7, 11) is 0. The van der Waals surface area contributed by atoms with Crippen molar-refractivity contribution >= 4 is 11.5 Å². The molecule has 6 heteroatoms. The highest BCUT2D eigenvalue weighted by molar-refractivity contribution is 5.60. The summed E-state index contributed by atoms with van der Waals surface area (Å²) in [6.45, 7) is 3.50. The maximum atomic E-state index is 6.09. The van der Waals surface area contributed by atoms with Gasteiger partial charge in [0.15, 0.2) is 11.5 Å². The number of rotatable bonds is 4. The summed E-state index contributed by atoms with van der Waals surface area (Å²) >= 11 is 0. The van der Waals surface area contributed by atoms with E-state index in [2.05, 4.69) is 15.2 Å². The molecule has 0 radical (unpaired) electrons. The van der Waals surface area contributed by atoms with Gasteiger partial charge >= 0.3 is 0 Å². The SMILES string of the molecule is Nc1cccnc1N[C@H]1CCCN(C[C@H]2COc3ccccc3O2)C1. The van der Waals surface area contributed by atoms with Gasteiger partial charge in [0.25, 0.3) is 0 Å². The molecule has 0 saturated carbocycles. The van der Waals surface area contributed by atoms with Crippen LogP contribution in [0.25, 0.3) is 0 Å². The largest absolute Gasteiger partial charge is 0.486 e. The number of hydrogen-bond acceptors (Lipinski definition) is 6. The monoisotopic (exact) mass is 340 g/mol. The molecule has 1 fully saturated rings. The van der Waals surface area contributed by atoms with E-state index in [4.69, 9.17) is 15.2 Å². The zero-order chi connectivity index (χ0) is 17.1. The Kier molecular flexibility index (Phi) is 4.61. The van der Waals surface area contributed by atoms with Crippen molar-refractivity contribution in [2.45, 2.75) is 25.0 Å².